The molecule has 0 amide bonds. The van der Waals surface area contributed by atoms with Gasteiger partial charge in [0, 0.05) is 5.70 Å². The molecular formula is C13H9F3N2O2. The lowest BCUT2D eigenvalue weighted by atomic mass is 10.2. The fourth-order valence-corrected chi connectivity index (χ4v) is 1.79. The summed E-state index contributed by atoms with van der Waals surface area (Å²) in [7, 11) is 0. The van der Waals surface area contributed by atoms with Gasteiger partial charge in [0.05, 0.1) is 16.6 Å². The summed E-state index contributed by atoms with van der Waals surface area (Å²) in [4.78, 5) is 14.3. The number of nitrogens with zero attached hydrogens (tertiary/aromatic N) is 2. The van der Waals surface area contributed by atoms with Gasteiger partial charge in [-0.2, -0.15) is 13.2 Å². The summed E-state index contributed by atoms with van der Waals surface area (Å²) in [6.45, 7) is 6.87. The molecule has 0 bridgehead atoms. The Balaban J connectivity index is 2.82. The SMILES string of the molecule is C=CC(=C)n1c(C(F)(F)F)nc2cc(C(=O)O)ccc21. The third-order valence-corrected chi connectivity index (χ3v) is 2.68. The Morgan fingerprint density at radius 2 is 2.05 bits per heavy atom. The van der Waals surface area contributed by atoms with E-state index in [1.54, 1.807) is 0 Å². The van der Waals surface area contributed by atoms with Crippen LogP contribution in [0.5, 0.6) is 0 Å². The second kappa shape index (κ2) is 4.52. The standard InChI is InChI=1S/C13H9F3N2O2/c1-3-7(2)18-10-5-4-8(11(19)20)6-9(10)17-12(18)13(14,15)16/h3-6H,1-2H2,(H,19,20). The maximum absolute atomic E-state index is 13.0. The van der Waals surface area contributed by atoms with Crippen LogP contribution in [0.2, 0.25) is 0 Å². The highest BCUT2D eigenvalue weighted by molar-refractivity contribution is 5.93. The maximum atomic E-state index is 13.0. The van der Waals surface area contributed by atoms with Gasteiger partial charge in [-0.05, 0) is 24.3 Å². The Morgan fingerprint density at radius 1 is 1.40 bits per heavy atom. The first-order valence-electron chi connectivity index (χ1n) is 5.40. The molecule has 104 valence electrons. The molecule has 0 aliphatic carbocycles. The van der Waals surface area contributed by atoms with Gasteiger partial charge < -0.3 is 5.11 Å². The second-order valence-electron chi connectivity index (χ2n) is 3.97. The average Bonchev–Trinajstić information content (AvgIpc) is 2.75. The van der Waals surface area contributed by atoms with E-state index in [0.29, 0.717) is 0 Å². The molecule has 4 nitrogen and oxygen atoms in total. The molecule has 0 fully saturated rings. The maximum Gasteiger partial charge on any atom is 0.450 e. The molecule has 1 aromatic heterocycles. The van der Waals surface area contributed by atoms with Crippen LogP contribution in [0.25, 0.3) is 16.7 Å². The number of rotatable bonds is 3. The van der Waals surface area contributed by atoms with Crippen molar-refractivity contribution in [1.82, 2.24) is 9.55 Å². The van der Waals surface area contributed by atoms with Crippen LogP contribution in [-0.4, -0.2) is 20.6 Å². The van der Waals surface area contributed by atoms with Crippen LogP contribution < -0.4 is 0 Å². The van der Waals surface area contributed by atoms with Crippen LogP contribution in [0.1, 0.15) is 16.2 Å². The van der Waals surface area contributed by atoms with Crippen LogP contribution >= 0.6 is 0 Å². The monoisotopic (exact) mass is 282 g/mol. The predicted molar refractivity (Wildman–Crippen MR) is 67.2 cm³/mol. The second-order valence-corrected chi connectivity index (χ2v) is 3.97. The molecule has 1 aromatic carbocycles. The van der Waals surface area contributed by atoms with E-state index < -0.39 is 18.0 Å². The van der Waals surface area contributed by atoms with Gasteiger partial charge in [-0.25, -0.2) is 9.78 Å². The Labute approximate surface area is 111 Å². The van der Waals surface area contributed by atoms with Crippen molar-refractivity contribution in [3.8, 4) is 0 Å². The molecule has 0 radical (unpaired) electrons. The van der Waals surface area contributed by atoms with Gasteiger partial charge in [0.25, 0.3) is 0 Å². The highest BCUT2D eigenvalue weighted by Gasteiger charge is 2.38. The number of alkyl halides is 3. The van der Waals surface area contributed by atoms with Crippen molar-refractivity contribution in [1.29, 1.82) is 0 Å². The summed E-state index contributed by atoms with van der Waals surface area (Å²) < 4.78 is 39.7. The number of benzene rings is 1. The minimum atomic E-state index is -4.69. The highest BCUT2D eigenvalue weighted by Crippen LogP contribution is 2.33. The zero-order valence-corrected chi connectivity index (χ0v) is 10.1. The van der Waals surface area contributed by atoms with Crippen LogP contribution in [0.15, 0.2) is 37.4 Å². The van der Waals surface area contributed by atoms with Crippen LogP contribution in [0.4, 0.5) is 13.2 Å². The lowest BCUT2D eigenvalue weighted by Crippen LogP contribution is -2.13. The summed E-state index contributed by atoms with van der Waals surface area (Å²) in [5, 5.41) is 8.85. The number of aromatic carboxylic acids is 1. The smallest absolute Gasteiger partial charge is 0.450 e. The van der Waals surface area contributed by atoms with Gasteiger partial charge in [-0.15, -0.1) is 0 Å². The lowest BCUT2D eigenvalue weighted by Gasteiger charge is -2.10. The fourth-order valence-electron chi connectivity index (χ4n) is 1.79. The molecule has 0 saturated heterocycles. The summed E-state index contributed by atoms with van der Waals surface area (Å²) in [5.41, 5.74) is -0.0876. The number of hydrogen-bond acceptors (Lipinski definition) is 2. The van der Waals surface area contributed by atoms with Gasteiger partial charge >= 0.3 is 12.1 Å². The fraction of sp³-hybridized carbons (Fsp3) is 0.0769. The van der Waals surface area contributed by atoms with E-state index in [1.807, 2.05) is 0 Å². The topological polar surface area (TPSA) is 55.1 Å². The number of hydrogen-bond donors (Lipinski definition) is 1. The summed E-state index contributed by atoms with van der Waals surface area (Å²) in [5.74, 6) is -2.41. The van der Waals surface area contributed by atoms with Crippen molar-refractivity contribution >= 4 is 22.7 Å². The van der Waals surface area contributed by atoms with E-state index in [-0.39, 0.29) is 22.3 Å². The normalized spacial score (nSPS) is 11.6. The first-order valence-corrected chi connectivity index (χ1v) is 5.40. The van der Waals surface area contributed by atoms with E-state index in [2.05, 4.69) is 18.1 Å². The van der Waals surface area contributed by atoms with E-state index in [9.17, 15) is 18.0 Å². The number of fused-ring (bicyclic) bond motifs is 1. The summed E-state index contributed by atoms with van der Waals surface area (Å²) in [6, 6.07) is 3.55. The van der Waals surface area contributed by atoms with Crippen molar-refractivity contribution in [3.05, 3.63) is 48.8 Å². The number of allylic oxidation sites excluding steroid dienone is 2. The van der Waals surface area contributed by atoms with Gasteiger partial charge in [-0.1, -0.05) is 13.2 Å². The number of carboxylic acids is 1. The first kappa shape index (κ1) is 13.9. The molecule has 0 atom stereocenters. The molecule has 0 unspecified atom stereocenters. The summed E-state index contributed by atoms with van der Waals surface area (Å²) in [6.07, 6.45) is -3.52. The summed E-state index contributed by atoms with van der Waals surface area (Å²) >= 11 is 0. The van der Waals surface area contributed by atoms with Crippen molar-refractivity contribution in [3.63, 3.8) is 0 Å². The molecule has 2 aromatic rings. The Kier molecular flexibility index (Phi) is 3.13. The third-order valence-electron chi connectivity index (χ3n) is 2.68. The van der Waals surface area contributed by atoms with Gasteiger partial charge in [-0.3, -0.25) is 4.57 Å². The average molecular weight is 282 g/mol. The quantitative estimate of drug-likeness (QED) is 0.878. The Hall–Kier alpha value is -2.57. The zero-order chi connectivity index (χ0) is 15.1. The van der Waals surface area contributed by atoms with Crippen molar-refractivity contribution in [2.24, 2.45) is 0 Å². The molecule has 1 heterocycles. The highest BCUT2D eigenvalue weighted by atomic mass is 19.4. The van der Waals surface area contributed by atoms with E-state index in [0.717, 1.165) is 10.6 Å². The van der Waals surface area contributed by atoms with E-state index >= 15 is 0 Å². The van der Waals surface area contributed by atoms with Gasteiger partial charge in [0.1, 0.15) is 0 Å². The van der Waals surface area contributed by atoms with Gasteiger partial charge in [0.15, 0.2) is 0 Å². The molecule has 7 heteroatoms. The van der Waals surface area contributed by atoms with Crippen molar-refractivity contribution in [2.45, 2.75) is 6.18 Å². The predicted octanol–water partition coefficient (Wildman–Crippen LogP) is 3.41. The molecule has 0 aliphatic heterocycles. The minimum Gasteiger partial charge on any atom is -0.478 e. The number of halogens is 3. The Bertz CT molecular complexity index is 729. The zero-order valence-electron chi connectivity index (χ0n) is 10.1. The van der Waals surface area contributed by atoms with E-state index in [4.69, 9.17) is 5.11 Å². The lowest BCUT2D eigenvalue weighted by molar-refractivity contribution is -0.145. The Morgan fingerprint density at radius 3 is 2.55 bits per heavy atom. The number of carboxylic acid groups (broad SMARTS) is 1. The van der Waals surface area contributed by atoms with Crippen molar-refractivity contribution in [2.75, 3.05) is 0 Å². The van der Waals surface area contributed by atoms with Crippen molar-refractivity contribution < 1.29 is 23.1 Å². The molecule has 2 rings (SSSR count). The van der Waals surface area contributed by atoms with E-state index in [1.165, 1.54) is 18.2 Å². The number of aromatic nitrogens is 2. The first-order chi connectivity index (χ1) is 9.25. The molecule has 20 heavy (non-hydrogen) atoms. The molecule has 0 saturated carbocycles. The molecule has 0 aliphatic rings. The van der Waals surface area contributed by atoms with Crippen LogP contribution in [-0.2, 0) is 6.18 Å². The van der Waals surface area contributed by atoms with Crippen LogP contribution in [0, 0.1) is 0 Å². The number of imidazole rings is 1. The largest absolute Gasteiger partial charge is 0.478 e. The van der Waals surface area contributed by atoms with Crippen LogP contribution in [0.3, 0.4) is 0 Å². The third kappa shape index (κ3) is 2.18. The molecule has 0 spiro atoms. The molecule has 1 N–H and O–H groups in total. The minimum absolute atomic E-state index is 0.00269. The van der Waals surface area contributed by atoms with Gasteiger partial charge in [0.2, 0.25) is 5.82 Å². The number of carbonyl (C=O) groups is 1. The molecular weight excluding hydrogens is 273 g/mol.